The zero-order chi connectivity index (χ0) is 19.1. The molecule has 0 aliphatic rings. The number of hydrogen-bond acceptors (Lipinski definition) is 6. The van der Waals surface area contributed by atoms with Crippen LogP contribution >= 0.6 is 11.6 Å². The number of carbonyl (C=O) groups excluding carboxylic acids is 1. The quantitative estimate of drug-likeness (QED) is 0.638. The lowest BCUT2D eigenvalue weighted by atomic mass is 10.1. The van der Waals surface area contributed by atoms with E-state index in [2.05, 4.69) is 15.5 Å². The summed E-state index contributed by atoms with van der Waals surface area (Å²) < 4.78 is 15.7. The molecule has 8 heteroatoms. The van der Waals surface area contributed by atoms with Gasteiger partial charge >= 0.3 is 0 Å². The summed E-state index contributed by atoms with van der Waals surface area (Å²) in [4.78, 5) is 16.3. The minimum atomic E-state index is -0.178. The first kappa shape index (κ1) is 18.7. The van der Waals surface area contributed by atoms with Gasteiger partial charge in [0, 0.05) is 0 Å². The van der Waals surface area contributed by atoms with E-state index in [1.165, 1.54) is 7.11 Å². The molecule has 7 nitrogen and oxygen atoms in total. The fourth-order valence-electron chi connectivity index (χ4n) is 2.33. The topological polar surface area (TPSA) is 86.5 Å². The van der Waals surface area contributed by atoms with Gasteiger partial charge in [-0.2, -0.15) is 4.98 Å². The van der Waals surface area contributed by atoms with Gasteiger partial charge in [0.15, 0.2) is 12.4 Å². The Bertz CT molecular complexity index is 899. The third-order valence-corrected chi connectivity index (χ3v) is 3.94. The molecule has 1 N–H and O–H groups in total. The largest absolute Gasteiger partial charge is 0.495 e. The van der Waals surface area contributed by atoms with E-state index in [0.717, 1.165) is 5.56 Å². The first-order valence-electron chi connectivity index (χ1n) is 8.22. The molecule has 1 amide bonds. The van der Waals surface area contributed by atoms with E-state index in [-0.39, 0.29) is 25.5 Å². The number of ether oxygens (including phenoxy) is 2. The van der Waals surface area contributed by atoms with E-state index < -0.39 is 0 Å². The van der Waals surface area contributed by atoms with Crippen LogP contribution in [-0.2, 0) is 24.4 Å². The van der Waals surface area contributed by atoms with Gasteiger partial charge in [0.2, 0.25) is 5.91 Å². The van der Waals surface area contributed by atoms with Crippen LogP contribution in [0.25, 0.3) is 0 Å². The van der Waals surface area contributed by atoms with Crippen LogP contribution in [0.5, 0.6) is 11.5 Å². The number of hydrogen-bond donors (Lipinski definition) is 1. The zero-order valence-electron chi connectivity index (χ0n) is 14.6. The van der Waals surface area contributed by atoms with Crippen LogP contribution in [0.1, 0.15) is 17.3 Å². The summed E-state index contributed by atoms with van der Waals surface area (Å²) in [5.41, 5.74) is 0.781. The Labute approximate surface area is 161 Å². The van der Waals surface area contributed by atoms with Crippen molar-refractivity contribution in [3.63, 3.8) is 0 Å². The molecular formula is C19H18ClN3O4. The maximum absolute atomic E-state index is 12.1. The second kappa shape index (κ2) is 9.05. The van der Waals surface area contributed by atoms with Crippen LogP contribution in [0.4, 0.5) is 0 Å². The number of aromatic nitrogens is 2. The second-order valence-electron chi connectivity index (χ2n) is 5.63. The Hall–Kier alpha value is -3.06. The highest BCUT2D eigenvalue weighted by Crippen LogP contribution is 2.25. The minimum Gasteiger partial charge on any atom is -0.495 e. The van der Waals surface area contributed by atoms with Crippen molar-refractivity contribution in [1.29, 1.82) is 0 Å². The SMILES string of the molecule is COc1ccc(CC(=O)NCc2noc(COc3ccccc3)n2)cc1Cl. The van der Waals surface area contributed by atoms with Crippen LogP contribution in [-0.4, -0.2) is 23.2 Å². The van der Waals surface area contributed by atoms with Crippen molar-refractivity contribution in [2.45, 2.75) is 19.6 Å². The Kier molecular flexibility index (Phi) is 6.27. The predicted molar refractivity (Wildman–Crippen MR) is 98.6 cm³/mol. The van der Waals surface area contributed by atoms with Crippen LogP contribution in [0.2, 0.25) is 5.02 Å². The molecule has 0 aliphatic heterocycles. The average molecular weight is 388 g/mol. The number of nitrogens with zero attached hydrogens (tertiary/aromatic N) is 2. The Morgan fingerprint density at radius 3 is 2.78 bits per heavy atom. The fourth-order valence-corrected chi connectivity index (χ4v) is 2.61. The molecule has 1 aromatic heterocycles. The third-order valence-electron chi connectivity index (χ3n) is 3.64. The fraction of sp³-hybridized carbons (Fsp3) is 0.211. The highest BCUT2D eigenvalue weighted by molar-refractivity contribution is 6.32. The van der Waals surface area contributed by atoms with E-state index in [4.69, 9.17) is 25.6 Å². The lowest BCUT2D eigenvalue weighted by molar-refractivity contribution is -0.120. The molecule has 27 heavy (non-hydrogen) atoms. The first-order chi connectivity index (χ1) is 13.1. The molecule has 3 rings (SSSR count). The monoisotopic (exact) mass is 387 g/mol. The number of benzene rings is 2. The summed E-state index contributed by atoms with van der Waals surface area (Å²) >= 11 is 6.06. The smallest absolute Gasteiger partial charge is 0.264 e. The summed E-state index contributed by atoms with van der Waals surface area (Å²) in [5, 5.41) is 7.03. The van der Waals surface area contributed by atoms with Gasteiger partial charge in [-0.1, -0.05) is 41.0 Å². The Morgan fingerprint density at radius 2 is 2.04 bits per heavy atom. The highest BCUT2D eigenvalue weighted by Gasteiger charge is 2.10. The highest BCUT2D eigenvalue weighted by atomic mass is 35.5. The van der Waals surface area contributed by atoms with Crippen LogP contribution in [0, 0.1) is 0 Å². The Morgan fingerprint density at radius 1 is 1.22 bits per heavy atom. The van der Waals surface area contributed by atoms with Crippen LogP contribution in [0.3, 0.4) is 0 Å². The summed E-state index contributed by atoms with van der Waals surface area (Å²) in [6.07, 6.45) is 0.186. The summed E-state index contributed by atoms with van der Waals surface area (Å²) in [6, 6.07) is 14.5. The van der Waals surface area contributed by atoms with Crippen molar-refractivity contribution >= 4 is 17.5 Å². The standard InChI is InChI=1S/C19H18ClN3O4/c1-25-16-8-7-13(9-15(16)20)10-18(24)21-11-17-22-19(27-23-17)12-26-14-5-3-2-4-6-14/h2-9H,10-12H2,1H3,(H,21,24). The lowest BCUT2D eigenvalue weighted by Gasteiger charge is -2.06. The second-order valence-corrected chi connectivity index (χ2v) is 6.04. The van der Waals surface area contributed by atoms with Gasteiger partial charge in [0.05, 0.1) is 25.1 Å². The van der Waals surface area contributed by atoms with Gasteiger partial charge in [-0.05, 0) is 29.8 Å². The van der Waals surface area contributed by atoms with E-state index >= 15 is 0 Å². The number of amides is 1. The molecule has 140 valence electrons. The number of methoxy groups -OCH3 is 1. The molecular weight excluding hydrogens is 370 g/mol. The average Bonchev–Trinajstić information content (AvgIpc) is 3.14. The molecule has 0 unspecified atom stereocenters. The first-order valence-corrected chi connectivity index (χ1v) is 8.60. The predicted octanol–water partition coefficient (Wildman–Crippen LogP) is 3.17. The number of halogens is 1. The van der Waals surface area contributed by atoms with E-state index in [0.29, 0.717) is 28.2 Å². The summed E-state index contributed by atoms with van der Waals surface area (Å²) in [6.45, 7) is 0.326. The van der Waals surface area contributed by atoms with Crippen molar-refractivity contribution in [3.8, 4) is 11.5 Å². The summed E-state index contributed by atoms with van der Waals surface area (Å²) in [7, 11) is 1.54. The zero-order valence-corrected chi connectivity index (χ0v) is 15.4. The van der Waals surface area contributed by atoms with Gasteiger partial charge < -0.3 is 19.3 Å². The maximum atomic E-state index is 12.1. The van der Waals surface area contributed by atoms with Gasteiger partial charge in [-0.25, -0.2) is 0 Å². The molecule has 1 heterocycles. The molecule has 0 spiro atoms. The minimum absolute atomic E-state index is 0.162. The molecule has 0 aliphatic carbocycles. The number of carbonyl (C=O) groups is 1. The van der Waals surface area contributed by atoms with Crippen LogP contribution in [0.15, 0.2) is 53.1 Å². The van der Waals surface area contributed by atoms with Gasteiger partial charge in [-0.3, -0.25) is 4.79 Å². The van der Waals surface area contributed by atoms with E-state index in [1.54, 1.807) is 18.2 Å². The summed E-state index contributed by atoms with van der Waals surface area (Å²) in [5.74, 6) is 1.82. The van der Waals surface area contributed by atoms with Crippen LogP contribution < -0.4 is 14.8 Å². The van der Waals surface area contributed by atoms with Crippen molar-refractivity contribution in [2.75, 3.05) is 7.11 Å². The molecule has 3 aromatic rings. The van der Waals surface area contributed by atoms with Gasteiger partial charge in [0.1, 0.15) is 11.5 Å². The molecule has 2 aromatic carbocycles. The normalized spacial score (nSPS) is 10.4. The molecule has 0 radical (unpaired) electrons. The molecule has 0 fully saturated rings. The van der Waals surface area contributed by atoms with Crippen molar-refractivity contribution in [3.05, 3.63) is 70.8 Å². The Balaban J connectivity index is 1.46. The number of nitrogens with one attached hydrogen (secondary N) is 1. The van der Waals surface area contributed by atoms with Crippen molar-refractivity contribution < 1.29 is 18.8 Å². The molecule has 0 atom stereocenters. The van der Waals surface area contributed by atoms with Gasteiger partial charge in [-0.15, -0.1) is 0 Å². The van der Waals surface area contributed by atoms with Crippen molar-refractivity contribution in [1.82, 2.24) is 15.5 Å². The molecule has 0 saturated carbocycles. The van der Waals surface area contributed by atoms with Gasteiger partial charge in [0.25, 0.3) is 5.89 Å². The molecule has 0 bridgehead atoms. The molecule has 0 saturated heterocycles. The van der Waals surface area contributed by atoms with E-state index in [1.807, 2.05) is 30.3 Å². The number of para-hydroxylation sites is 1. The lowest BCUT2D eigenvalue weighted by Crippen LogP contribution is -2.25. The maximum Gasteiger partial charge on any atom is 0.264 e. The number of rotatable bonds is 8. The third kappa shape index (κ3) is 5.46. The van der Waals surface area contributed by atoms with E-state index in [9.17, 15) is 4.79 Å². The van der Waals surface area contributed by atoms with Crippen molar-refractivity contribution in [2.24, 2.45) is 0 Å².